The molecule has 1 aliphatic heterocycles. The number of nitrogens with zero attached hydrogens (tertiary/aromatic N) is 1. The second kappa shape index (κ2) is 5.60. The average Bonchev–Trinajstić information content (AvgIpc) is 3.39. The quantitative estimate of drug-likeness (QED) is 0.812. The van der Waals surface area contributed by atoms with Gasteiger partial charge in [-0.25, -0.2) is 4.79 Å². The lowest BCUT2D eigenvalue weighted by atomic mass is 10.1. The van der Waals surface area contributed by atoms with Gasteiger partial charge in [0.1, 0.15) is 0 Å². The molecule has 2 aromatic rings. The van der Waals surface area contributed by atoms with Crippen LogP contribution in [0, 0.1) is 5.92 Å². The van der Waals surface area contributed by atoms with Gasteiger partial charge >= 0.3 is 5.97 Å². The molecule has 0 N–H and O–H groups in total. The van der Waals surface area contributed by atoms with Crippen molar-refractivity contribution in [2.45, 2.75) is 19.3 Å². The first kappa shape index (κ1) is 14.6. The summed E-state index contributed by atoms with van der Waals surface area (Å²) in [5.41, 5.74) is 1.98. The number of rotatable bonds is 4. The van der Waals surface area contributed by atoms with Crippen LogP contribution in [-0.4, -0.2) is 22.8 Å². The maximum Gasteiger partial charge on any atom is 0.363 e. The fraction of sp³-hybridized carbons (Fsp3) is 0.211. The van der Waals surface area contributed by atoms with E-state index < -0.39 is 17.8 Å². The van der Waals surface area contributed by atoms with Crippen LogP contribution < -0.4 is 0 Å². The Hall–Kier alpha value is -2.95. The van der Waals surface area contributed by atoms with E-state index in [0.29, 0.717) is 10.6 Å². The third kappa shape index (κ3) is 2.58. The van der Waals surface area contributed by atoms with E-state index >= 15 is 0 Å². The van der Waals surface area contributed by atoms with E-state index in [4.69, 9.17) is 4.84 Å². The molecule has 1 heterocycles. The summed E-state index contributed by atoms with van der Waals surface area (Å²) in [6, 6.07) is 13.5. The Bertz CT molecular complexity index is 802. The molecule has 0 aromatic heterocycles. The molecule has 0 spiro atoms. The van der Waals surface area contributed by atoms with Crippen LogP contribution in [-0.2, 0) is 11.3 Å². The van der Waals surface area contributed by atoms with Gasteiger partial charge in [-0.1, -0.05) is 29.3 Å². The van der Waals surface area contributed by atoms with Crippen LogP contribution in [0.15, 0.2) is 48.5 Å². The number of hydrogen-bond acceptors (Lipinski definition) is 4. The number of hydroxylamine groups is 2. The predicted octanol–water partition coefficient (Wildman–Crippen LogP) is 3.01. The lowest BCUT2D eigenvalue weighted by Crippen LogP contribution is -2.32. The van der Waals surface area contributed by atoms with E-state index in [1.54, 1.807) is 24.3 Å². The first-order valence-corrected chi connectivity index (χ1v) is 7.92. The largest absolute Gasteiger partial charge is 0.363 e. The van der Waals surface area contributed by atoms with Crippen LogP contribution in [0.4, 0.5) is 0 Å². The van der Waals surface area contributed by atoms with Gasteiger partial charge in [0, 0.05) is 0 Å². The zero-order chi connectivity index (χ0) is 16.7. The molecule has 1 saturated carbocycles. The van der Waals surface area contributed by atoms with Gasteiger partial charge in [-0.05, 0) is 55.0 Å². The molecule has 0 atom stereocenters. The highest BCUT2D eigenvalue weighted by Crippen LogP contribution is 2.32. The van der Waals surface area contributed by atoms with Gasteiger partial charge in [0.15, 0.2) is 0 Å². The van der Waals surface area contributed by atoms with Crippen LogP contribution in [0.5, 0.6) is 0 Å². The van der Waals surface area contributed by atoms with Crippen molar-refractivity contribution in [3.05, 3.63) is 70.8 Å². The number of imide groups is 1. The molecule has 120 valence electrons. The number of benzene rings is 2. The van der Waals surface area contributed by atoms with Gasteiger partial charge < -0.3 is 4.84 Å². The van der Waals surface area contributed by atoms with Crippen LogP contribution in [0.1, 0.15) is 49.5 Å². The summed E-state index contributed by atoms with van der Waals surface area (Å²) in [6.07, 6.45) is 3.56. The summed E-state index contributed by atoms with van der Waals surface area (Å²) in [7, 11) is 0. The molecule has 0 unspecified atom stereocenters. The van der Waals surface area contributed by atoms with Gasteiger partial charge in [-0.2, -0.15) is 0 Å². The number of carbonyl (C=O) groups is 3. The summed E-state index contributed by atoms with van der Waals surface area (Å²) in [6.45, 7) is 0. The molecule has 4 rings (SSSR count). The number of amides is 2. The summed E-state index contributed by atoms with van der Waals surface area (Å²) in [4.78, 5) is 41.6. The molecule has 0 bridgehead atoms. The maximum atomic E-state index is 12.2. The van der Waals surface area contributed by atoms with Gasteiger partial charge in [-0.3, -0.25) is 9.59 Å². The van der Waals surface area contributed by atoms with Crippen molar-refractivity contribution >= 4 is 17.8 Å². The second-order valence-corrected chi connectivity index (χ2v) is 6.17. The zero-order valence-electron chi connectivity index (χ0n) is 12.9. The molecule has 1 fully saturated rings. The summed E-state index contributed by atoms with van der Waals surface area (Å²) < 4.78 is 0. The highest BCUT2D eigenvalue weighted by molar-refractivity contribution is 6.21. The molecule has 5 heteroatoms. The van der Waals surface area contributed by atoms with Crippen molar-refractivity contribution in [3.63, 3.8) is 0 Å². The highest BCUT2D eigenvalue weighted by atomic mass is 16.7. The van der Waals surface area contributed by atoms with Crippen molar-refractivity contribution in [3.8, 4) is 0 Å². The van der Waals surface area contributed by atoms with E-state index in [1.165, 1.54) is 30.5 Å². The van der Waals surface area contributed by atoms with Crippen molar-refractivity contribution in [1.29, 1.82) is 0 Å². The Morgan fingerprint density at radius 3 is 2.08 bits per heavy atom. The first-order valence-electron chi connectivity index (χ1n) is 7.92. The van der Waals surface area contributed by atoms with Gasteiger partial charge in [0.2, 0.25) is 0 Å². The number of fused-ring (bicyclic) bond motifs is 1. The van der Waals surface area contributed by atoms with Crippen LogP contribution in [0.2, 0.25) is 0 Å². The molecule has 2 amide bonds. The van der Waals surface area contributed by atoms with Crippen LogP contribution >= 0.6 is 0 Å². The summed E-state index contributed by atoms with van der Waals surface area (Å²) in [5, 5.41) is 0.533. The molecule has 0 radical (unpaired) electrons. The van der Waals surface area contributed by atoms with Crippen molar-refractivity contribution in [1.82, 2.24) is 5.06 Å². The van der Waals surface area contributed by atoms with Gasteiger partial charge in [0.05, 0.1) is 16.7 Å². The van der Waals surface area contributed by atoms with Crippen molar-refractivity contribution < 1.29 is 19.2 Å². The molecule has 1 aliphatic carbocycles. The zero-order valence-corrected chi connectivity index (χ0v) is 12.9. The smallest absolute Gasteiger partial charge is 0.324 e. The monoisotopic (exact) mass is 321 g/mol. The third-order valence-corrected chi connectivity index (χ3v) is 4.34. The van der Waals surface area contributed by atoms with Crippen LogP contribution in [0.3, 0.4) is 0 Å². The molecule has 5 nitrogen and oxygen atoms in total. The highest BCUT2D eigenvalue weighted by Gasteiger charge is 2.38. The summed E-state index contributed by atoms with van der Waals surface area (Å²) in [5.74, 6) is -1.19. The van der Waals surface area contributed by atoms with Crippen LogP contribution in [0.25, 0.3) is 0 Å². The average molecular weight is 321 g/mol. The SMILES string of the molecule is O=C(ON1C(=O)c2ccccc2C1=O)c1ccc(CC2CC2)cc1. The topological polar surface area (TPSA) is 63.7 Å². The molecular weight excluding hydrogens is 306 g/mol. The Balaban J connectivity index is 1.48. The Morgan fingerprint density at radius 1 is 0.958 bits per heavy atom. The molecule has 24 heavy (non-hydrogen) atoms. The lowest BCUT2D eigenvalue weighted by Gasteiger charge is -2.12. The van der Waals surface area contributed by atoms with Crippen molar-refractivity contribution in [2.24, 2.45) is 5.92 Å². The molecule has 0 saturated heterocycles. The minimum absolute atomic E-state index is 0.245. The first-order chi connectivity index (χ1) is 11.6. The standard InChI is InChI=1S/C19H15NO4/c21-17-15-3-1-2-4-16(15)18(22)20(17)24-19(23)14-9-7-13(8-10-14)11-12-5-6-12/h1-4,7-10,12H,5-6,11H2. The number of carbonyl (C=O) groups excluding carboxylic acids is 3. The lowest BCUT2D eigenvalue weighted by molar-refractivity contribution is -0.0584. The fourth-order valence-corrected chi connectivity index (χ4v) is 2.82. The van der Waals surface area contributed by atoms with E-state index in [2.05, 4.69) is 0 Å². The molecule has 2 aliphatic rings. The Labute approximate surface area is 138 Å². The predicted molar refractivity (Wildman–Crippen MR) is 85.2 cm³/mol. The Kier molecular flexibility index (Phi) is 3.41. The second-order valence-electron chi connectivity index (χ2n) is 6.17. The molecular formula is C19H15NO4. The van der Waals surface area contributed by atoms with E-state index in [0.717, 1.165) is 12.3 Å². The maximum absolute atomic E-state index is 12.2. The normalized spacial score (nSPS) is 16.2. The fourth-order valence-electron chi connectivity index (χ4n) is 2.82. The van der Waals surface area contributed by atoms with Crippen molar-refractivity contribution in [2.75, 3.05) is 0 Å². The minimum atomic E-state index is -0.720. The molecule has 2 aromatic carbocycles. The third-order valence-electron chi connectivity index (χ3n) is 4.34. The number of hydrogen-bond donors (Lipinski definition) is 0. The van der Waals surface area contributed by atoms with Gasteiger partial charge in [0.25, 0.3) is 11.8 Å². The Morgan fingerprint density at radius 2 is 1.54 bits per heavy atom. The van der Waals surface area contributed by atoms with Gasteiger partial charge in [-0.15, -0.1) is 0 Å². The summed E-state index contributed by atoms with van der Waals surface area (Å²) >= 11 is 0. The van der Waals surface area contributed by atoms with E-state index in [9.17, 15) is 14.4 Å². The van der Waals surface area contributed by atoms with E-state index in [-0.39, 0.29) is 11.1 Å². The van der Waals surface area contributed by atoms with E-state index in [1.807, 2.05) is 12.1 Å². The minimum Gasteiger partial charge on any atom is -0.324 e.